The van der Waals surface area contributed by atoms with Crippen LogP contribution in [0.2, 0.25) is 0 Å². The van der Waals surface area contributed by atoms with Crippen LogP contribution in [0.1, 0.15) is 28.7 Å². The first-order valence-electron chi connectivity index (χ1n) is 9.58. The number of nitrogens with zero attached hydrogens (tertiary/aromatic N) is 1. The molecule has 0 amide bonds. The number of ether oxygens (including phenoxy) is 1. The van der Waals surface area contributed by atoms with Crippen molar-refractivity contribution in [3.05, 3.63) is 75.1 Å². The molecule has 0 aliphatic carbocycles. The average molecular weight is 363 g/mol. The van der Waals surface area contributed by atoms with Gasteiger partial charge < -0.3 is 9.15 Å². The molecule has 4 rings (SSSR count). The third-order valence-electron chi connectivity index (χ3n) is 5.53. The van der Waals surface area contributed by atoms with E-state index in [-0.39, 0.29) is 5.63 Å². The predicted octanol–water partition coefficient (Wildman–Crippen LogP) is 4.24. The van der Waals surface area contributed by atoms with Crippen LogP contribution in [-0.4, -0.2) is 24.6 Å². The molecule has 140 valence electrons. The fourth-order valence-corrected chi connectivity index (χ4v) is 3.74. The largest absolute Gasteiger partial charge is 0.493 e. The van der Waals surface area contributed by atoms with E-state index >= 15 is 0 Å². The third-order valence-corrected chi connectivity index (χ3v) is 5.53. The van der Waals surface area contributed by atoms with E-state index in [1.54, 1.807) is 6.92 Å². The maximum absolute atomic E-state index is 11.9. The fraction of sp³-hybridized carbons (Fsp3) is 0.348. The molecule has 0 bridgehead atoms. The van der Waals surface area contributed by atoms with E-state index in [1.165, 1.54) is 11.1 Å². The minimum Gasteiger partial charge on any atom is -0.493 e. The Morgan fingerprint density at radius 2 is 1.89 bits per heavy atom. The summed E-state index contributed by atoms with van der Waals surface area (Å²) >= 11 is 0. The fourth-order valence-electron chi connectivity index (χ4n) is 3.74. The normalized spacial score (nSPS) is 14.3. The van der Waals surface area contributed by atoms with Gasteiger partial charge in [0.1, 0.15) is 11.3 Å². The maximum Gasteiger partial charge on any atom is 0.339 e. The highest BCUT2D eigenvalue weighted by Gasteiger charge is 2.15. The lowest BCUT2D eigenvalue weighted by atomic mass is 10.00. The van der Waals surface area contributed by atoms with Gasteiger partial charge in [-0.3, -0.25) is 4.90 Å². The Balaban J connectivity index is 1.33. The quantitative estimate of drug-likeness (QED) is 0.502. The summed E-state index contributed by atoms with van der Waals surface area (Å²) in [4.78, 5) is 14.4. The van der Waals surface area contributed by atoms with Crippen LogP contribution in [-0.2, 0) is 13.0 Å². The summed E-state index contributed by atoms with van der Waals surface area (Å²) in [6.07, 6.45) is 2.09. The van der Waals surface area contributed by atoms with Crippen molar-refractivity contribution >= 4 is 11.0 Å². The summed E-state index contributed by atoms with van der Waals surface area (Å²) in [6, 6.07) is 14.4. The lowest BCUT2D eigenvalue weighted by molar-refractivity contribution is 0.221. The molecule has 27 heavy (non-hydrogen) atoms. The number of benzene rings is 2. The average Bonchev–Trinajstić information content (AvgIpc) is 2.69. The Morgan fingerprint density at radius 1 is 1.07 bits per heavy atom. The molecule has 0 radical (unpaired) electrons. The van der Waals surface area contributed by atoms with Gasteiger partial charge in [-0.25, -0.2) is 4.79 Å². The first kappa shape index (κ1) is 17.8. The van der Waals surface area contributed by atoms with Crippen molar-refractivity contribution in [2.75, 3.05) is 19.7 Å². The lowest BCUT2D eigenvalue weighted by Gasteiger charge is -2.28. The number of hydrogen-bond donors (Lipinski definition) is 0. The van der Waals surface area contributed by atoms with Gasteiger partial charge in [0.2, 0.25) is 0 Å². The Kier molecular flexibility index (Phi) is 4.99. The highest BCUT2D eigenvalue weighted by atomic mass is 16.5. The molecule has 0 N–H and O–H groups in total. The highest BCUT2D eigenvalue weighted by Crippen LogP contribution is 2.24. The van der Waals surface area contributed by atoms with E-state index < -0.39 is 0 Å². The molecular weight excluding hydrogens is 338 g/mol. The van der Waals surface area contributed by atoms with Crippen molar-refractivity contribution in [2.45, 2.75) is 33.2 Å². The van der Waals surface area contributed by atoms with Crippen LogP contribution in [0.4, 0.5) is 0 Å². The topological polar surface area (TPSA) is 42.7 Å². The summed E-state index contributed by atoms with van der Waals surface area (Å²) in [5.41, 5.74) is 4.88. The maximum atomic E-state index is 11.9. The Labute approximate surface area is 159 Å². The summed E-state index contributed by atoms with van der Waals surface area (Å²) in [6.45, 7) is 7.55. The van der Waals surface area contributed by atoms with Crippen LogP contribution in [0.3, 0.4) is 0 Å². The van der Waals surface area contributed by atoms with Gasteiger partial charge in [-0.15, -0.1) is 0 Å². The molecule has 0 atom stereocenters. The molecule has 0 saturated carbocycles. The standard InChI is InChI=1S/C23H25NO3/c1-16-17(2)23(25)27-22-14-20(8-9-21(16)22)26-13-5-11-24-12-10-18-6-3-4-7-19(18)15-24/h3-4,6-9,14H,5,10-13,15H2,1-2H3. The molecule has 1 aromatic heterocycles. The summed E-state index contributed by atoms with van der Waals surface area (Å²) in [7, 11) is 0. The monoisotopic (exact) mass is 363 g/mol. The van der Waals surface area contributed by atoms with E-state index in [0.717, 1.165) is 49.2 Å². The molecule has 4 heteroatoms. The third kappa shape index (κ3) is 3.76. The summed E-state index contributed by atoms with van der Waals surface area (Å²) in [5.74, 6) is 0.748. The Bertz CT molecular complexity index is 1020. The molecule has 0 fully saturated rings. The van der Waals surface area contributed by atoms with Gasteiger partial charge in [0, 0.05) is 36.7 Å². The van der Waals surface area contributed by atoms with E-state index in [0.29, 0.717) is 17.8 Å². The Morgan fingerprint density at radius 3 is 2.74 bits per heavy atom. The van der Waals surface area contributed by atoms with Crippen LogP contribution >= 0.6 is 0 Å². The molecule has 1 aliphatic heterocycles. The molecule has 0 unspecified atom stereocenters. The number of hydrogen-bond acceptors (Lipinski definition) is 4. The van der Waals surface area contributed by atoms with Crippen molar-refractivity contribution in [2.24, 2.45) is 0 Å². The van der Waals surface area contributed by atoms with Gasteiger partial charge in [-0.2, -0.15) is 0 Å². The lowest BCUT2D eigenvalue weighted by Crippen LogP contribution is -2.31. The van der Waals surface area contributed by atoms with Crippen molar-refractivity contribution in [3.63, 3.8) is 0 Å². The smallest absolute Gasteiger partial charge is 0.339 e. The molecule has 3 aromatic rings. The van der Waals surface area contributed by atoms with Gasteiger partial charge in [0.25, 0.3) is 0 Å². The highest BCUT2D eigenvalue weighted by molar-refractivity contribution is 5.82. The number of rotatable bonds is 5. The molecule has 0 spiro atoms. The summed E-state index contributed by atoms with van der Waals surface area (Å²) in [5, 5.41) is 0.964. The van der Waals surface area contributed by atoms with Gasteiger partial charge in [0.15, 0.2) is 0 Å². The van der Waals surface area contributed by atoms with Gasteiger partial charge in [-0.1, -0.05) is 24.3 Å². The minimum atomic E-state index is -0.275. The van der Waals surface area contributed by atoms with E-state index in [9.17, 15) is 4.79 Å². The van der Waals surface area contributed by atoms with Crippen LogP contribution in [0.25, 0.3) is 11.0 Å². The molecular formula is C23H25NO3. The van der Waals surface area contributed by atoms with Crippen LogP contribution in [0.5, 0.6) is 5.75 Å². The van der Waals surface area contributed by atoms with Crippen molar-refractivity contribution in [1.82, 2.24) is 4.90 Å². The molecule has 2 heterocycles. The van der Waals surface area contributed by atoms with Crippen molar-refractivity contribution < 1.29 is 9.15 Å². The van der Waals surface area contributed by atoms with Gasteiger partial charge in [-0.05, 0) is 55.5 Å². The van der Waals surface area contributed by atoms with E-state index in [4.69, 9.17) is 9.15 Å². The zero-order valence-corrected chi connectivity index (χ0v) is 16.0. The minimum absolute atomic E-state index is 0.275. The molecule has 2 aromatic carbocycles. The predicted molar refractivity (Wildman–Crippen MR) is 107 cm³/mol. The molecule has 0 saturated heterocycles. The second-order valence-electron chi connectivity index (χ2n) is 7.29. The first-order valence-corrected chi connectivity index (χ1v) is 9.58. The van der Waals surface area contributed by atoms with Crippen LogP contribution in [0.15, 0.2) is 51.7 Å². The van der Waals surface area contributed by atoms with E-state index in [2.05, 4.69) is 29.2 Å². The summed E-state index contributed by atoms with van der Waals surface area (Å²) < 4.78 is 11.3. The van der Waals surface area contributed by atoms with Crippen molar-refractivity contribution in [1.29, 1.82) is 0 Å². The molecule has 4 nitrogen and oxygen atoms in total. The van der Waals surface area contributed by atoms with Crippen LogP contribution in [0, 0.1) is 13.8 Å². The second-order valence-corrected chi connectivity index (χ2v) is 7.29. The Hall–Kier alpha value is -2.59. The molecule has 1 aliphatic rings. The number of fused-ring (bicyclic) bond motifs is 2. The van der Waals surface area contributed by atoms with Crippen LogP contribution < -0.4 is 10.4 Å². The first-order chi connectivity index (χ1) is 13.1. The van der Waals surface area contributed by atoms with Crippen molar-refractivity contribution in [3.8, 4) is 5.75 Å². The zero-order valence-electron chi connectivity index (χ0n) is 16.0. The zero-order chi connectivity index (χ0) is 18.8. The second kappa shape index (κ2) is 7.57. The van der Waals surface area contributed by atoms with Gasteiger partial charge >= 0.3 is 5.63 Å². The van der Waals surface area contributed by atoms with Gasteiger partial charge in [0.05, 0.1) is 6.61 Å². The number of aryl methyl sites for hydroxylation is 1. The van der Waals surface area contributed by atoms with E-state index in [1.807, 2.05) is 25.1 Å². The SMILES string of the molecule is Cc1c(C)c2ccc(OCCCN3CCc4ccccc4C3)cc2oc1=O.